The molecular weight excluding hydrogens is 775 g/mol. The number of ether oxygens (including phenoxy) is 6. The second kappa shape index (κ2) is 13.8. The number of rotatable bonds is 5. The quantitative estimate of drug-likeness (QED) is 0.135. The number of thioether (sulfide) groups is 1. The maximum absolute atomic E-state index is 15.0. The number of aryl methyl sites for hydroxylation is 1. The molecule has 11 rings (SSSR count). The van der Waals surface area contributed by atoms with Gasteiger partial charge in [0.1, 0.15) is 24.1 Å². The molecule has 2 saturated heterocycles. The van der Waals surface area contributed by atoms with E-state index in [1.54, 1.807) is 14.2 Å². The number of phenols is 1. The minimum atomic E-state index is -1.31. The first kappa shape index (κ1) is 37.8. The van der Waals surface area contributed by atoms with Crippen molar-refractivity contribution >= 4 is 34.6 Å². The summed E-state index contributed by atoms with van der Waals surface area (Å²) in [5.74, 6) is 1.66. The number of aromatic amines is 1. The third-order valence-electron chi connectivity index (χ3n) is 13.3. The van der Waals surface area contributed by atoms with Gasteiger partial charge in [-0.1, -0.05) is 12.1 Å². The van der Waals surface area contributed by atoms with E-state index in [0.29, 0.717) is 76.9 Å². The molecule has 4 bridgehead atoms. The lowest BCUT2D eigenvalue weighted by atomic mass is 9.71. The third-order valence-corrected chi connectivity index (χ3v) is 14.7. The van der Waals surface area contributed by atoms with Gasteiger partial charge in [0, 0.05) is 71.0 Å². The molecule has 4 aromatic rings. The minimum Gasteiger partial charge on any atom is -0.504 e. The van der Waals surface area contributed by atoms with Crippen LogP contribution in [-0.4, -0.2) is 96.4 Å². The van der Waals surface area contributed by atoms with Gasteiger partial charge in [-0.05, 0) is 61.6 Å². The number of benzene rings is 3. The van der Waals surface area contributed by atoms with Gasteiger partial charge in [-0.2, -0.15) is 5.26 Å². The van der Waals surface area contributed by atoms with Crippen molar-refractivity contribution in [3.63, 3.8) is 0 Å². The largest absolute Gasteiger partial charge is 0.504 e. The Hall–Kier alpha value is -5.40. The zero-order chi connectivity index (χ0) is 41.1. The van der Waals surface area contributed by atoms with Crippen LogP contribution in [0.5, 0.6) is 34.5 Å². The van der Waals surface area contributed by atoms with Gasteiger partial charge < -0.3 is 38.5 Å². The molecule has 0 radical (unpaired) electrons. The van der Waals surface area contributed by atoms with Gasteiger partial charge in [0.05, 0.1) is 43.3 Å². The molecule has 8 heterocycles. The molecule has 306 valence electrons. The Bertz CT molecular complexity index is 2530. The fraction of sp³-hybridized carbons (Fsp3) is 0.432. The Labute approximate surface area is 345 Å². The van der Waals surface area contributed by atoms with Gasteiger partial charge in [0.25, 0.3) is 0 Å². The summed E-state index contributed by atoms with van der Waals surface area (Å²) in [5.41, 5.74) is 5.73. The van der Waals surface area contributed by atoms with Crippen molar-refractivity contribution in [2.24, 2.45) is 0 Å². The normalized spacial score (nSPS) is 27.8. The van der Waals surface area contributed by atoms with Gasteiger partial charge in [0.15, 0.2) is 28.5 Å². The number of aromatic nitrogens is 1. The van der Waals surface area contributed by atoms with Crippen LogP contribution in [0.1, 0.15) is 68.9 Å². The number of carbonyl (C=O) groups excluding carboxylic acids is 2. The first-order chi connectivity index (χ1) is 28.6. The van der Waals surface area contributed by atoms with Crippen molar-refractivity contribution in [2.45, 2.75) is 74.6 Å². The van der Waals surface area contributed by atoms with Crippen molar-refractivity contribution < 1.29 is 43.1 Å². The standard InChI is InChI=1S/C44H45N5O9S/c1-7-12-48-28-14-23-13-20(2)37(54-6)36(51)31(23)34(48)35-41-33-32(40-39(56-19-57-40)21(3)38(33)58-22(4)50)30(49(35)29(28)16-45)17-55-43(52)44(18-59-41)42-25(10-11-46-44)26-15-24(53-5)8-9-27(26)47-42/h7-9,13,15,28-30,34-35,41,46-47,51H,1,10-12,14,17-19H2,2-6H3/t28?,29-,30-,34?,35?,41+,44+/m0/s1. The number of methoxy groups -OCH3 is 2. The van der Waals surface area contributed by atoms with Crippen LogP contribution in [0.25, 0.3) is 10.9 Å². The fourth-order valence-corrected chi connectivity index (χ4v) is 12.7. The van der Waals surface area contributed by atoms with Crippen LogP contribution in [0.3, 0.4) is 0 Å². The summed E-state index contributed by atoms with van der Waals surface area (Å²) in [5, 5.41) is 27.6. The predicted molar refractivity (Wildman–Crippen MR) is 217 cm³/mol. The second-order valence-corrected chi connectivity index (χ2v) is 17.2. The Kier molecular flexibility index (Phi) is 8.88. The monoisotopic (exact) mass is 819 g/mol. The molecule has 2 fully saturated rings. The van der Waals surface area contributed by atoms with Crippen LogP contribution in [0.2, 0.25) is 0 Å². The van der Waals surface area contributed by atoms with E-state index in [1.807, 2.05) is 38.1 Å². The van der Waals surface area contributed by atoms with E-state index in [1.165, 1.54) is 18.7 Å². The SMILES string of the molecule is C=CCN1C2c3c(cc(C)c(OC)c3O)CC1[C@H](C#N)N1C2[C@@H]2SC[C@]3(NCCc4c3[nH]c3ccc(OC)cc43)C(=O)OC[C@H]1c1c3c(c(C)c(OC(C)=O)c12)OCO3. The highest BCUT2D eigenvalue weighted by Gasteiger charge is 2.62. The first-order valence-electron chi connectivity index (χ1n) is 19.9. The maximum Gasteiger partial charge on any atom is 0.333 e. The van der Waals surface area contributed by atoms with Crippen molar-refractivity contribution in [1.82, 2.24) is 20.1 Å². The molecule has 3 unspecified atom stereocenters. The molecule has 7 aliphatic rings. The number of hydrogen-bond acceptors (Lipinski definition) is 14. The lowest BCUT2D eigenvalue weighted by molar-refractivity contribution is -0.157. The van der Waals surface area contributed by atoms with E-state index < -0.39 is 46.9 Å². The van der Waals surface area contributed by atoms with Crippen molar-refractivity contribution in [3.8, 4) is 40.6 Å². The molecule has 7 aliphatic heterocycles. The number of H-pyrrole nitrogens is 1. The molecule has 0 aliphatic carbocycles. The number of aromatic hydroxyl groups is 1. The summed E-state index contributed by atoms with van der Waals surface area (Å²) in [6.45, 7) is 9.99. The fourth-order valence-electron chi connectivity index (χ4n) is 11.0. The lowest BCUT2D eigenvalue weighted by Gasteiger charge is -2.62. The highest BCUT2D eigenvalue weighted by Crippen LogP contribution is 2.65. The van der Waals surface area contributed by atoms with Crippen LogP contribution in [-0.2, 0) is 32.7 Å². The number of nitrogens with zero attached hydrogens (tertiary/aromatic N) is 3. The highest BCUT2D eigenvalue weighted by atomic mass is 32.2. The molecule has 1 aromatic heterocycles. The zero-order valence-electron chi connectivity index (χ0n) is 33.5. The minimum absolute atomic E-state index is 0.0469. The number of esters is 2. The summed E-state index contributed by atoms with van der Waals surface area (Å²) in [6.07, 6.45) is 2.98. The van der Waals surface area contributed by atoms with Gasteiger partial charge >= 0.3 is 11.9 Å². The first-order valence-corrected chi connectivity index (χ1v) is 20.9. The van der Waals surface area contributed by atoms with Crippen molar-refractivity contribution in [3.05, 3.63) is 81.6 Å². The number of nitriles is 1. The summed E-state index contributed by atoms with van der Waals surface area (Å²) in [7, 11) is 3.18. The summed E-state index contributed by atoms with van der Waals surface area (Å²) in [4.78, 5) is 36.1. The average molecular weight is 820 g/mol. The van der Waals surface area contributed by atoms with Crippen LogP contribution in [0, 0.1) is 25.2 Å². The molecule has 59 heavy (non-hydrogen) atoms. The van der Waals surface area contributed by atoms with Gasteiger partial charge in [0.2, 0.25) is 6.79 Å². The predicted octanol–water partition coefficient (Wildman–Crippen LogP) is 5.32. The molecule has 1 spiro atoms. The van der Waals surface area contributed by atoms with Crippen LogP contribution >= 0.6 is 11.8 Å². The van der Waals surface area contributed by atoms with E-state index in [2.05, 4.69) is 38.8 Å². The summed E-state index contributed by atoms with van der Waals surface area (Å²) < 4.78 is 36.5. The molecule has 15 heteroatoms. The zero-order valence-corrected chi connectivity index (χ0v) is 34.3. The number of hydrogen-bond donors (Lipinski definition) is 3. The third kappa shape index (κ3) is 5.22. The van der Waals surface area contributed by atoms with Gasteiger partial charge in [-0.25, -0.2) is 4.79 Å². The molecule has 0 amide bonds. The molecule has 3 aromatic carbocycles. The van der Waals surface area contributed by atoms with E-state index >= 15 is 0 Å². The number of nitrogens with one attached hydrogen (secondary N) is 2. The van der Waals surface area contributed by atoms with E-state index in [9.17, 15) is 20.0 Å². The van der Waals surface area contributed by atoms with Crippen LogP contribution < -0.4 is 29.0 Å². The van der Waals surface area contributed by atoms with Crippen LogP contribution in [0.15, 0.2) is 36.9 Å². The number of piperazine rings is 1. The summed E-state index contributed by atoms with van der Waals surface area (Å²) in [6, 6.07) is 7.76. The molecule has 14 nitrogen and oxygen atoms in total. The molecule has 3 N–H and O–H groups in total. The number of carbonyl (C=O) groups is 2. The van der Waals surface area contributed by atoms with Crippen LogP contribution in [0.4, 0.5) is 0 Å². The maximum atomic E-state index is 15.0. The summed E-state index contributed by atoms with van der Waals surface area (Å²) >= 11 is 1.53. The molecule has 0 saturated carbocycles. The van der Waals surface area contributed by atoms with Gasteiger partial charge in [-0.3, -0.25) is 19.9 Å². The van der Waals surface area contributed by atoms with E-state index in [-0.39, 0.29) is 30.9 Å². The van der Waals surface area contributed by atoms with Gasteiger partial charge in [-0.15, -0.1) is 18.3 Å². The Morgan fingerprint density at radius 3 is 2.69 bits per heavy atom. The Balaban J connectivity index is 1.26. The molecular formula is C44H45N5O9S. The lowest BCUT2D eigenvalue weighted by Crippen LogP contribution is -2.70. The second-order valence-electron chi connectivity index (χ2n) is 16.1. The molecule has 7 atom stereocenters. The topological polar surface area (TPSA) is 168 Å². The van der Waals surface area contributed by atoms with E-state index in [4.69, 9.17) is 28.4 Å². The number of fused-ring (bicyclic) bond motifs is 11. The Morgan fingerprint density at radius 2 is 1.95 bits per heavy atom. The average Bonchev–Trinajstić information content (AvgIpc) is 3.87. The van der Waals surface area contributed by atoms with Crippen molar-refractivity contribution in [1.29, 1.82) is 5.26 Å². The Morgan fingerprint density at radius 1 is 1.14 bits per heavy atom. The van der Waals surface area contributed by atoms with E-state index in [0.717, 1.165) is 33.3 Å². The smallest absolute Gasteiger partial charge is 0.333 e. The highest BCUT2D eigenvalue weighted by molar-refractivity contribution is 7.99. The number of phenolic OH excluding ortho intramolecular Hbond substituents is 1. The van der Waals surface area contributed by atoms with Crippen molar-refractivity contribution in [2.75, 3.05) is 46.5 Å².